The minimum atomic E-state index is -4.49. The second kappa shape index (κ2) is 16.1. The summed E-state index contributed by atoms with van der Waals surface area (Å²) in [5, 5.41) is 9.44. The van der Waals surface area contributed by atoms with Crippen LogP contribution in [0, 0.1) is 11.8 Å². The maximum atomic E-state index is 14.0. The standard InChI is InChI=1S/C37H45F3N4O5S/c38-37(39,40)29-9-8-28-21-32(50-31(28)22-29)49-35(47)43-36(14-4-5-15-36)34(46)42-30(20-25-6-2-1-3-7-25)33(45)41-23-26-10-16-44(17-11-26)24-27-12-18-48-19-13-27/h1-3,6-9,21-22,26-27,30H,4-5,10-20,23-24H2,(H,41,45)(H,42,46)(H,43,47)/t30-/m1/s1. The lowest BCUT2D eigenvalue weighted by atomic mass is 9.93. The van der Waals surface area contributed by atoms with Gasteiger partial charge in [-0.25, -0.2) is 4.79 Å². The molecule has 13 heteroatoms. The zero-order chi connectivity index (χ0) is 35.1. The predicted molar refractivity (Wildman–Crippen MR) is 185 cm³/mol. The van der Waals surface area contributed by atoms with Crippen molar-refractivity contribution in [1.29, 1.82) is 0 Å². The first-order valence-electron chi connectivity index (χ1n) is 17.6. The van der Waals surface area contributed by atoms with Crippen LogP contribution in [0.5, 0.6) is 5.06 Å². The summed E-state index contributed by atoms with van der Waals surface area (Å²) in [5.41, 5.74) is -1.19. The van der Waals surface area contributed by atoms with Crippen LogP contribution in [0.4, 0.5) is 18.0 Å². The third kappa shape index (κ3) is 9.35. The van der Waals surface area contributed by atoms with Crippen molar-refractivity contribution in [3.63, 3.8) is 0 Å². The molecular weight excluding hydrogens is 669 g/mol. The van der Waals surface area contributed by atoms with Gasteiger partial charge in [0.1, 0.15) is 11.6 Å². The number of hydrogen-bond acceptors (Lipinski definition) is 7. The predicted octanol–water partition coefficient (Wildman–Crippen LogP) is 6.30. The largest absolute Gasteiger partial charge is 0.416 e. The van der Waals surface area contributed by atoms with Crippen molar-refractivity contribution < 1.29 is 37.0 Å². The van der Waals surface area contributed by atoms with E-state index in [-0.39, 0.29) is 17.4 Å². The van der Waals surface area contributed by atoms with Crippen LogP contribution in [0.25, 0.3) is 10.1 Å². The molecule has 9 nitrogen and oxygen atoms in total. The van der Waals surface area contributed by atoms with Gasteiger partial charge in [0.05, 0.1) is 5.56 Å². The fraction of sp³-hybridized carbons (Fsp3) is 0.541. The number of hydrogen-bond donors (Lipinski definition) is 3. The normalized spacial score (nSPS) is 19.6. The number of nitrogens with zero attached hydrogens (tertiary/aromatic N) is 1. The van der Waals surface area contributed by atoms with E-state index in [0.717, 1.165) is 87.6 Å². The highest BCUT2D eigenvalue weighted by atomic mass is 32.1. The smallest absolute Gasteiger partial charge is 0.399 e. The van der Waals surface area contributed by atoms with E-state index in [4.69, 9.17) is 9.47 Å². The Bertz CT molecular complexity index is 1610. The molecule has 270 valence electrons. The van der Waals surface area contributed by atoms with Gasteiger partial charge in [-0.2, -0.15) is 13.2 Å². The Hall–Kier alpha value is -3.68. The van der Waals surface area contributed by atoms with Gasteiger partial charge in [0.2, 0.25) is 11.8 Å². The number of amides is 3. The third-order valence-corrected chi connectivity index (χ3v) is 11.3. The molecule has 0 spiro atoms. The molecule has 1 aromatic heterocycles. The van der Waals surface area contributed by atoms with Crippen molar-refractivity contribution in [2.45, 2.75) is 75.5 Å². The van der Waals surface area contributed by atoms with E-state index in [1.165, 1.54) is 12.1 Å². The molecule has 0 unspecified atom stereocenters. The third-order valence-electron chi connectivity index (χ3n) is 10.3. The summed E-state index contributed by atoms with van der Waals surface area (Å²) in [6.07, 6.45) is 1.25. The number of thiophene rings is 1. The molecule has 1 saturated carbocycles. The van der Waals surface area contributed by atoms with E-state index >= 15 is 0 Å². The molecule has 0 radical (unpaired) electrons. The molecule has 2 aromatic carbocycles. The van der Waals surface area contributed by atoms with Crippen LogP contribution in [0.3, 0.4) is 0 Å². The molecule has 0 bridgehead atoms. The van der Waals surface area contributed by atoms with Crippen molar-refractivity contribution >= 4 is 39.3 Å². The SMILES string of the molecule is O=C(NC1(C(=O)N[C@H](Cc2ccccc2)C(=O)NCC2CCN(CC3CCOCC3)CC2)CCCC1)Oc1cc2ccc(C(F)(F)F)cc2s1. The number of carbonyl (C=O) groups is 3. The average molecular weight is 715 g/mol. The van der Waals surface area contributed by atoms with Crippen LogP contribution in [0.1, 0.15) is 62.5 Å². The number of ether oxygens (including phenoxy) is 2. The Balaban J connectivity index is 1.06. The van der Waals surface area contributed by atoms with E-state index < -0.39 is 35.3 Å². The minimum Gasteiger partial charge on any atom is -0.399 e. The van der Waals surface area contributed by atoms with Gasteiger partial charge in [-0.3, -0.25) is 9.59 Å². The molecule has 1 atom stereocenters. The summed E-state index contributed by atoms with van der Waals surface area (Å²) in [5.74, 6) is 0.305. The molecule has 2 saturated heterocycles. The molecule has 50 heavy (non-hydrogen) atoms. The lowest BCUT2D eigenvalue weighted by Crippen LogP contribution is -2.61. The number of halogens is 3. The number of nitrogens with one attached hydrogen (secondary N) is 3. The highest BCUT2D eigenvalue weighted by molar-refractivity contribution is 7.20. The minimum absolute atomic E-state index is 0.112. The van der Waals surface area contributed by atoms with Gasteiger partial charge in [-0.05, 0) is 86.5 Å². The van der Waals surface area contributed by atoms with E-state index in [1.54, 1.807) is 0 Å². The van der Waals surface area contributed by atoms with Crippen LogP contribution in [-0.2, 0) is 26.9 Å². The van der Waals surface area contributed by atoms with E-state index in [2.05, 4.69) is 20.9 Å². The van der Waals surface area contributed by atoms with E-state index in [0.29, 0.717) is 54.1 Å². The van der Waals surface area contributed by atoms with Gasteiger partial charge < -0.3 is 30.3 Å². The summed E-state index contributed by atoms with van der Waals surface area (Å²) in [6, 6.07) is 13.4. The Morgan fingerprint density at radius 1 is 0.960 bits per heavy atom. The highest BCUT2D eigenvalue weighted by Crippen LogP contribution is 2.37. The van der Waals surface area contributed by atoms with Crippen molar-refractivity contribution in [3.05, 3.63) is 65.7 Å². The van der Waals surface area contributed by atoms with E-state index in [1.807, 2.05) is 30.3 Å². The molecule has 3 aromatic rings. The number of carbonyl (C=O) groups excluding carboxylic acids is 3. The zero-order valence-corrected chi connectivity index (χ0v) is 28.9. The maximum Gasteiger partial charge on any atom is 0.416 e. The summed E-state index contributed by atoms with van der Waals surface area (Å²) in [6.45, 7) is 5.33. The summed E-state index contributed by atoms with van der Waals surface area (Å²) in [4.78, 5) is 43.3. The number of piperidine rings is 1. The summed E-state index contributed by atoms with van der Waals surface area (Å²) < 4.78 is 50.9. The van der Waals surface area contributed by atoms with Crippen LogP contribution in [0.2, 0.25) is 0 Å². The van der Waals surface area contributed by atoms with Gasteiger partial charge in [0, 0.05) is 43.5 Å². The summed E-state index contributed by atoms with van der Waals surface area (Å²) in [7, 11) is 0. The maximum absolute atomic E-state index is 14.0. The van der Waals surface area contributed by atoms with Gasteiger partial charge in [0.15, 0.2) is 5.06 Å². The molecule has 1 aliphatic carbocycles. The fourth-order valence-corrected chi connectivity index (χ4v) is 8.27. The molecular formula is C37H45F3N4O5S. The Labute approximate surface area is 294 Å². The molecule has 6 rings (SSSR count). The molecule has 3 amide bonds. The van der Waals surface area contributed by atoms with Crippen LogP contribution in [0.15, 0.2) is 54.6 Å². The topological polar surface area (TPSA) is 109 Å². The first-order chi connectivity index (χ1) is 24.1. The average Bonchev–Trinajstić information content (AvgIpc) is 3.75. The van der Waals surface area contributed by atoms with Gasteiger partial charge >= 0.3 is 12.3 Å². The molecule has 3 N–H and O–H groups in total. The first-order valence-corrected chi connectivity index (χ1v) is 18.4. The van der Waals surface area contributed by atoms with Crippen molar-refractivity contribution in [2.75, 3.05) is 39.4 Å². The molecule has 2 aliphatic heterocycles. The lowest BCUT2D eigenvalue weighted by molar-refractivity contribution is -0.137. The van der Waals surface area contributed by atoms with E-state index in [9.17, 15) is 27.6 Å². The molecule has 3 aliphatic rings. The first kappa shape index (κ1) is 36.1. The van der Waals surface area contributed by atoms with Gasteiger partial charge in [-0.15, -0.1) is 0 Å². The second-order valence-electron chi connectivity index (χ2n) is 13.9. The monoisotopic (exact) mass is 714 g/mol. The second-order valence-corrected chi connectivity index (χ2v) is 14.9. The highest BCUT2D eigenvalue weighted by Gasteiger charge is 2.44. The zero-order valence-electron chi connectivity index (χ0n) is 28.1. The number of fused-ring (bicyclic) bond motifs is 1. The van der Waals surface area contributed by atoms with Crippen molar-refractivity contribution in [3.8, 4) is 5.06 Å². The Morgan fingerprint density at radius 3 is 2.38 bits per heavy atom. The Morgan fingerprint density at radius 2 is 1.68 bits per heavy atom. The Kier molecular flexibility index (Phi) is 11.6. The van der Waals surface area contributed by atoms with Crippen molar-refractivity contribution in [1.82, 2.24) is 20.9 Å². The van der Waals surface area contributed by atoms with Crippen LogP contribution < -0.4 is 20.7 Å². The number of likely N-dealkylation sites (tertiary alicyclic amines) is 1. The number of rotatable bonds is 11. The lowest BCUT2D eigenvalue weighted by Gasteiger charge is -2.35. The van der Waals surface area contributed by atoms with Crippen LogP contribution in [-0.4, -0.2) is 73.8 Å². The van der Waals surface area contributed by atoms with Crippen molar-refractivity contribution in [2.24, 2.45) is 11.8 Å². The summed E-state index contributed by atoms with van der Waals surface area (Å²) >= 11 is 0.918. The quantitative estimate of drug-likeness (QED) is 0.215. The molecule has 3 fully saturated rings. The van der Waals surface area contributed by atoms with Crippen LogP contribution >= 0.6 is 11.3 Å². The number of alkyl halides is 3. The fourth-order valence-electron chi connectivity index (χ4n) is 7.32. The van der Waals surface area contributed by atoms with Gasteiger partial charge in [-0.1, -0.05) is 60.6 Å². The molecule has 3 heterocycles. The number of benzene rings is 2. The van der Waals surface area contributed by atoms with Gasteiger partial charge in [0.25, 0.3) is 0 Å².